The maximum Gasteiger partial charge on any atom is 0.227 e. The van der Waals surface area contributed by atoms with Gasteiger partial charge in [0.1, 0.15) is 5.75 Å². The van der Waals surface area contributed by atoms with Gasteiger partial charge in [0, 0.05) is 19.7 Å². The molecule has 0 aliphatic rings. The molecule has 0 saturated heterocycles. The van der Waals surface area contributed by atoms with E-state index in [0.29, 0.717) is 32.2 Å². The van der Waals surface area contributed by atoms with Gasteiger partial charge < -0.3 is 14.6 Å². The lowest BCUT2D eigenvalue weighted by atomic mass is 10.2. The van der Waals surface area contributed by atoms with Gasteiger partial charge in [0.05, 0.1) is 29.7 Å². The molecule has 1 heterocycles. The minimum Gasteiger partial charge on any atom is -0.439 e. The molecule has 3 rings (SSSR count). The summed E-state index contributed by atoms with van der Waals surface area (Å²) in [6, 6.07) is 19.8. The maximum atomic E-state index is 10.6. The molecule has 0 amide bonds. The van der Waals surface area contributed by atoms with Crippen LogP contribution in [0.25, 0.3) is 5.69 Å². The highest BCUT2D eigenvalue weighted by Crippen LogP contribution is 2.31. The summed E-state index contributed by atoms with van der Waals surface area (Å²) in [5.74, 6) is 1.47. The number of para-hydroxylation sites is 2. The summed E-state index contributed by atoms with van der Waals surface area (Å²) >= 11 is 0. The molecule has 0 spiro atoms. The number of aryl methyl sites for hydroxylation is 1. The molecule has 0 bridgehead atoms. The van der Waals surface area contributed by atoms with Gasteiger partial charge in [0.15, 0.2) is 0 Å². The molecule has 0 unspecified atom stereocenters. The average molecular weight is 452 g/mol. The van der Waals surface area contributed by atoms with Gasteiger partial charge in [-0.25, -0.2) is 4.68 Å². The Morgan fingerprint density at radius 2 is 1.70 bits per heavy atom. The van der Waals surface area contributed by atoms with Crippen LogP contribution in [0.15, 0.2) is 60.7 Å². The quantitative estimate of drug-likeness (QED) is 0.334. The Morgan fingerprint density at radius 3 is 2.36 bits per heavy atom. The van der Waals surface area contributed by atoms with E-state index < -0.39 is 6.10 Å². The molecule has 0 radical (unpaired) electrons. The topological polar surface area (TPSA) is 59.8 Å². The molecule has 0 saturated carbocycles. The van der Waals surface area contributed by atoms with E-state index in [4.69, 9.17) is 14.6 Å². The van der Waals surface area contributed by atoms with Crippen molar-refractivity contribution in [1.29, 1.82) is 0 Å². The van der Waals surface area contributed by atoms with Crippen LogP contribution < -0.4 is 4.74 Å². The molecule has 6 heteroatoms. The first-order chi connectivity index (χ1) is 16.1. The number of hydrogen-bond acceptors (Lipinski definition) is 5. The van der Waals surface area contributed by atoms with Gasteiger partial charge in [-0.2, -0.15) is 5.10 Å². The summed E-state index contributed by atoms with van der Waals surface area (Å²) in [5.41, 5.74) is 2.89. The number of nitrogens with zero attached hydrogens (tertiary/aromatic N) is 3. The van der Waals surface area contributed by atoms with Crippen molar-refractivity contribution in [2.24, 2.45) is 0 Å². The summed E-state index contributed by atoms with van der Waals surface area (Å²) < 4.78 is 13.9. The smallest absolute Gasteiger partial charge is 0.227 e. The number of benzene rings is 2. The monoisotopic (exact) mass is 451 g/mol. The Bertz CT molecular complexity index is 944. The van der Waals surface area contributed by atoms with Gasteiger partial charge in [0.2, 0.25) is 5.88 Å². The van der Waals surface area contributed by atoms with E-state index in [1.165, 1.54) is 0 Å². The first kappa shape index (κ1) is 25.0. The maximum absolute atomic E-state index is 10.6. The summed E-state index contributed by atoms with van der Waals surface area (Å²) in [4.78, 5) is 2.26. The second-order valence-corrected chi connectivity index (χ2v) is 8.35. The number of ether oxygens (including phenoxy) is 2. The zero-order valence-corrected chi connectivity index (χ0v) is 20.1. The number of aliphatic hydroxyl groups is 1. The first-order valence-electron chi connectivity index (χ1n) is 12.0. The predicted octanol–water partition coefficient (Wildman–Crippen LogP) is 5.36. The molecule has 1 N–H and O–H groups in total. The Hall–Kier alpha value is -2.67. The van der Waals surface area contributed by atoms with Crippen LogP contribution >= 0.6 is 0 Å². The fourth-order valence-electron chi connectivity index (χ4n) is 3.76. The lowest BCUT2D eigenvalue weighted by Crippen LogP contribution is -2.35. The fourth-order valence-corrected chi connectivity index (χ4v) is 3.76. The summed E-state index contributed by atoms with van der Waals surface area (Å²) in [7, 11) is 0. The SMILES string of the molecule is CCCCOC[C@H](O)CN(CCC)Cc1c(C)nn(-c2ccccc2)c1Oc1ccccc1. The number of unbranched alkanes of at least 4 members (excludes halogenated alkanes) is 1. The minimum atomic E-state index is -0.531. The van der Waals surface area contributed by atoms with Crippen molar-refractivity contribution < 1.29 is 14.6 Å². The molecular formula is C27H37N3O3. The van der Waals surface area contributed by atoms with Crippen molar-refractivity contribution in [1.82, 2.24) is 14.7 Å². The molecule has 0 aliphatic heterocycles. The third-order valence-corrected chi connectivity index (χ3v) is 5.44. The van der Waals surface area contributed by atoms with Crippen molar-refractivity contribution in [3.8, 4) is 17.3 Å². The predicted molar refractivity (Wildman–Crippen MR) is 132 cm³/mol. The van der Waals surface area contributed by atoms with Crippen LogP contribution in [0.3, 0.4) is 0 Å². The molecule has 3 aromatic rings. The van der Waals surface area contributed by atoms with Crippen LogP contribution in [0.4, 0.5) is 0 Å². The lowest BCUT2D eigenvalue weighted by Gasteiger charge is -2.25. The van der Waals surface area contributed by atoms with Gasteiger partial charge in [-0.3, -0.25) is 4.90 Å². The third kappa shape index (κ3) is 7.42. The Labute approximate surface area is 197 Å². The van der Waals surface area contributed by atoms with E-state index in [1.807, 2.05) is 72.3 Å². The molecular weight excluding hydrogens is 414 g/mol. The largest absolute Gasteiger partial charge is 0.439 e. The second kappa shape index (κ2) is 13.1. The highest BCUT2D eigenvalue weighted by atomic mass is 16.5. The van der Waals surface area contributed by atoms with Crippen molar-refractivity contribution in [2.75, 3.05) is 26.3 Å². The van der Waals surface area contributed by atoms with E-state index in [-0.39, 0.29) is 0 Å². The molecule has 178 valence electrons. The molecule has 33 heavy (non-hydrogen) atoms. The van der Waals surface area contributed by atoms with Crippen LogP contribution in [0.2, 0.25) is 0 Å². The molecule has 0 fully saturated rings. The van der Waals surface area contributed by atoms with Gasteiger partial charge in [0.25, 0.3) is 0 Å². The molecule has 6 nitrogen and oxygen atoms in total. The van der Waals surface area contributed by atoms with Crippen molar-refractivity contribution >= 4 is 0 Å². The van der Waals surface area contributed by atoms with Gasteiger partial charge >= 0.3 is 0 Å². The normalized spacial score (nSPS) is 12.3. The minimum absolute atomic E-state index is 0.357. The third-order valence-electron chi connectivity index (χ3n) is 5.44. The Kier molecular flexibility index (Phi) is 9.94. The standard InChI is InChI=1S/C27H37N3O3/c1-4-6-18-32-21-24(31)19-29(17-5-2)20-26-22(3)28-30(23-13-9-7-10-14-23)27(26)33-25-15-11-8-12-16-25/h7-16,24,31H,4-6,17-21H2,1-3H3/t24-/m1/s1. The molecule has 2 aromatic carbocycles. The average Bonchev–Trinajstić information content (AvgIpc) is 3.13. The van der Waals surface area contributed by atoms with Crippen LogP contribution in [0.1, 0.15) is 44.4 Å². The van der Waals surface area contributed by atoms with Gasteiger partial charge in [-0.05, 0) is 50.6 Å². The number of hydrogen-bond donors (Lipinski definition) is 1. The number of rotatable bonds is 14. The van der Waals surface area contributed by atoms with E-state index in [2.05, 4.69) is 18.7 Å². The van der Waals surface area contributed by atoms with E-state index in [1.54, 1.807) is 0 Å². The molecule has 1 aromatic heterocycles. The highest BCUT2D eigenvalue weighted by Gasteiger charge is 2.22. The summed E-state index contributed by atoms with van der Waals surface area (Å²) in [5, 5.41) is 15.4. The number of aliphatic hydroxyl groups excluding tert-OH is 1. The molecule has 0 aliphatic carbocycles. The van der Waals surface area contributed by atoms with Gasteiger partial charge in [-0.1, -0.05) is 56.7 Å². The second-order valence-electron chi connectivity index (χ2n) is 8.35. The molecule has 1 atom stereocenters. The van der Waals surface area contributed by atoms with Crippen LogP contribution in [-0.4, -0.2) is 52.2 Å². The fraction of sp³-hybridized carbons (Fsp3) is 0.444. The van der Waals surface area contributed by atoms with E-state index >= 15 is 0 Å². The van der Waals surface area contributed by atoms with Crippen LogP contribution in [0, 0.1) is 6.92 Å². The van der Waals surface area contributed by atoms with Crippen LogP contribution in [-0.2, 0) is 11.3 Å². The Morgan fingerprint density at radius 1 is 1.00 bits per heavy atom. The zero-order valence-electron chi connectivity index (χ0n) is 20.1. The Balaban J connectivity index is 1.84. The zero-order chi connectivity index (χ0) is 23.5. The van der Waals surface area contributed by atoms with Crippen molar-refractivity contribution in [3.05, 3.63) is 71.9 Å². The summed E-state index contributed by atoms with van der Waals surface area (Å²) in [6.07, 6.45) is 2.57. The van der Waals surface area contributed by atoms with E-state index in [0.717, 1.165) is 48.5 Å². The van der Waals surface area contributed by atoms with Crippen LogP contribution in [0.5, 0.6) is 11.6 Å². The number of aromatic nitrogens is 2. The lowest BCUT2D eigenvalue weighted by molar-refractivity contribution is 0.0143. The highest BCUT2D eigenvalue weighted by molar-refractivity contribution is 5.43. The first-order valence-corrected chi connectivity index (χ1v) is 12.0. The van der Waals surface area contributed by atoms with E-state index in [9.17, 15) is 5.11 Å². The van der Waals surface area contributed by atoms with Crippen molar-refractivity contribution in [2.45, 2.75) is 52.7 Å². The van der Waals surface area contributed by atoms with Crippen molar-refractivity contribution in [3.63, 3.8) is 0 Å². The van der Waals surface area contributed by atoms with Gasteiger partial charge in [-0.15, -0.1) is 0 Å². The summed E-state index contributed by atoms with van der Waals surface area (Å²) in [6.45, 7) is 9.40.